The number of fused-ring (bicyclic) bond motifs is 2. The van der Waals surface area contributed by atoms with Gasteiger partial charge < -0.3 is 4.74 Å². The van der Waals surface area contributed by atoms with E-state index in [0.29, 0.717) is 0 Å². The first kappa shape index (κ1) is 10.9. The van der Waals surface area contributed by atoms with E-state index in [4.69, 9.17) is 12.6 Å². The maximum absolute atomic E-state index is 6.06. The van der Waals surface area contributed by atoms with Crippen molar-refractivity contribution < 1.29 is 4.74 Å². The van der Waals surface area contributed by atoms with Crippen molar-refractivity contribution in [3.63, 3.8) is 0 Å². The molecule has 0 N–H and O–H groups in total. The first-order valence-corrected chi connectivity index (χ1v) is 6.42. The molecule has 3 heteroatoms. The Kier molecular flexibility index (Phi) is 2.00. The number of benzene rings is 1. The second-order valence-electron chi connectivity index (χ2n) is 5.30. The van der Waals surface area contributed by atoms with E-state index in [1.54, 1.807) is 0 Å². The van der Waals surface area contributed by atoms with E-state index in [9.17, 15) is 0 Å². The molecule has 2 heterocycles. The van der Waals surface area contributed by atoms with Crippen molar-refractivity contribution in [1.29, 1.82) is 0 Å². The molecule has 0 amide bonds. The highest BCUT2D eigenvalue weighted by Gasteiger charge is 2.25. The molecule has 0 saturated heterocycles. The Bertz CT molecular complexity index is 759. The summed E-state index contributed by atoms with van der Waals surface area (Å²) < 4.78 is 5.92. The average molecular weight is 245 g/mol. The van der Waals surface area contributed by atoms with Crippen LogP contribution >= 0.6 is 0 Å². The van der Waals surface area contributed by atoms with Crippen molar-refractivity contribution in [3.05, 3.63) is 47.2 Å². The number of hydrogen-bond donors (Lipinski definition) is 0. The lowest BCUT2D eigenvalue weighted by molar-refractivity contribution is 0.226. The van der Waals surface area contributed by atoms with Gasteiger partial charge in [-0.3, -0.25) is 4.98 Å². The van der Waals surface area contributed by atoms with Crippen molar-refractivity contribution in [2.24, 2.45) is 0 Å². The Hall–Kier alpha value is -2.03. The molecule has 2 nitrogen and oxygen atoms in total. The fourth-order valence-electron chi connectivity index (χ4n) is 2.79. The topological polar surface area (TPSA) is 22.1 Å². The number of rotatable bonds is 0. The molecule has 0 bridgehead atoms. The summed E-state index contributed by atoms with van der Waals surface area (Å²) >= 11 is 0. The SMILES string of the molecule is [B]C1(C)C=Cc2cc3c4c(ccnc4c2O1)CC=C3. The molecule has 1 aromatic carbocycles. The molecule has 1 aliphatic heterocycles. The highest BCUT2D eigenvalue weighted by atomic mass is 16.5. The zero-order valence-electron chi connectivity index (χ0n) is 10.7. The predicted octanol–water partition coefficient (Wildman–Crippen LogP) is 3.09. The molecule has 90 valence electrons. The summed E-state index contributed by atoms with van der Waals surface area (Å²) in [5.74, 6) is 0.795. The zero-order valence-corrected chi connectivity index (χ0v) is 10.7. The maximum Gasteiger partial charge on any atom is 0.152 e. The van der Waals surface area contributed by atoms with Crippen LogP contribution in [0.4, 0.5) is 0 Å². The lowest BCUT2D eigenvalue weighted by Crippen LogP contribution is -2.32. The number of allylic oxidation sites excluding steroid dienone is 1. The summed E-state index contributed by atoms with van der Waals surface area (Å²) in [7, 11) is 6.06. The molecule has 0 spiro atoms. The van der Waals surface area contributed by atoms with Crippen molar-refractivity contribution in [3.8, 4) is 5.75 Å². The maximum atomic E-state index is 6.06. The van der Waals surface area contributed by atoms with Gasteiger partial charge in [-0.2, -0.15) is 0 Å². The fraction of sp³-hybridized carbons (Fsp3) is 0.188. The molecule has 2 aromatic rings. The number of aromatic nitrogens is 1. The normalized spacial score (nSPS) is 23.2. The van der Waals surface area contributed by atoms with Crippen molar-refractivity contribution in [2.75, 3.05) is 0 Å². The summed E-state index contributed by atoms with van der Waals surface area (Å²) in [6, 6.07) is 4.21. The quantitative estimate of drug-likeness (QED) is 0.665. The molecule has 19 heavy (non-hydrogen) atoms. The number of ether oxygens (including phenoxy) is 1. The monoisotopic (exact) mass is 245 g/mol. The van der Waals surface area contributed by atoms with Crippen LogP contribution in [-0.2, 0) is 6.42 Å². The molecule has 1 aromatic heterocycles. The van der Waals surface area contributed by atoms with Gasteiger partial charge in [0, 0.05) is 17.1 Å². The van der Waals surface area contributed by atoms with Crippen molar-refractivity contribution >= 4 is 30.9 Å². The third-order valence-corrected chi connectivity index (χ3v) is 3.67. The van der Waals surface area contributed by atoms with Crippen LogP contribution in [0.2, 0.25) is 0 Å². The van der Waals surface area contributed by atoms with Crippen LogP contribution < -0.4 is 4.74 Å². The molecular formula is C16H12BNO. The minimum atomic E-state index is -0.765. The first-order valence-electron chi connectivity index (χ1n) is 6.42. The van der Waals surface area contributed by atoms with E-state index in [2.05, 4.69) is 29.3 Å². The second-order valence-corrected chi connectivity index (χ2v) is 5.30. The lowest BCUT2D eigenvalue weighted by atomic mass is 9.80. The Balaban J connectivity index is 2.12. The minimum absolute atomic E-state index is 0.765. The van der Waals surface area contributed by atoms with Crippen LogP contribution in [0.15, 0.2) is 30.5 Å². The van der Waals surface area contributed by atoms with Gasteiger partial charge in [0.1, 0.15) is 13.4 Å². The lowest BCUT2D eigenvalue weighted by Gasteiger charge is -2.30. The van der Waals surface area contributed by atoms with Crippen LogP contribution in [0.3, 0.4) is 0 Å². The highest BCUT2D eigenvalue weighted by Crippen LogP contribution is 2.40. The molecule has 1 atom stereocenters. The van der Waals surface area contributed by atoms with Crippen LogP contribution in [-0.4, -0.2) is 18.3 Å². The van der Waals surface area contributed by atoms with Gasteiger partial charge >= 0.3 is 0 Å². The third kappa shape index (κ3) is 1.54. The zero-order chi connectivity index (χ0) is 13.0. The van der Waals surface area contributed by atoms with E-state index >= 15 is 0 Å². The summed E-state index contributed by atoms with van der Waals surface area (Å²) in [4.78, 5) is 4.52. The summed E-state index contributed by atoms with van der Waals surface area (Å²) in [5, 5.41) is 1.19. The van der Waals surface area contributed by atoms with Crippen molar-refractivity contribution in [2.45, 2.75) is 18.8 Å². The predicted molar refractivity (Wildman–Crippen MR) is 78.3 cm³/mol. The van der Waals surface area contributed by atoms with E-state index < -0.39 is 5.50 Å². The summed E-state index contributed by atoms with van der Waals surface area (Å²) in [6.45, 7) is 1.85. The molecule has 2 aliphatic rings. The molecule has 1 aliphatic carbocycles. The smallest absolute Gasteiger partial charge is 0.152 e. The summed E-state index contributed by atoms with van der Waals surface area (Å²) in [6.07, 6.45) is 11.0. The van der Waals surface area contributed by atoms with Crippen LogP contribution in [0.25, 0.3) is 23.1 Å². The van der Waals surface area contributed by atoms with Gasteiger partial charge in [0.25, 0.3) is 0 Å². The van der Waals surface area contributed by atoms with Gasteiger partial charge in [-0.1, -0.05) is 24.3 Å². The minimum Gasteiger partial charge on any atom is -0.491 e. The first-order chi connectivity index (χ1) is 9.14. The molecule has 1 unspecified atom stereocenters. The number of pyridine rings is 1. The largest absolute Gasteiger partial charge is 0.491 e. The van der Waals surface area contributed by atoms with E-state index in [1.807, 2.05) is 25.3 Å². The Labute approximate surface area is 113 Å². The molecule has 2 radical (unpaired) electrons. The highest BCUT2D eigenvalue weighted by molar-refractivity contribution is 6.17. The van der Waals surface area contributed by atoms with E-state index in [1.165, 1.54) is 16.5 Å². The Morgan fingerprint density at radius 1 is 1.32 bits per heavy atom. The number of nitrogens with zero attached hydrogens (tertiary/aromatic N) is 1. The van der Waals surface area contributed by atoms with Crippen LogP contribution in [0, 0.1) is 0 Å². The Morgan fingerprint density at radius 3 is 3.11 bits per heavy atom. The fourth-order valence-corrected chi connectivity index (χ4v) is 2.79. The van der Waals surface area contributed by atoms with Gasteiger partial charge in [-0.05, 0) is 36.6 Å². The third-order valence-electron chi connectivity index (χ3n) is 3.67. The average Bonchev–Trinajstić information content (AvgIpc) is 2.40. The van der Waals surface area contributed by atoms with Crippen LogP contribution in [0.5, 0.6) is 5.75 Å². The van der Waals surface area contributed by atoms with E-state index in [-0.39, 0.29) is 0 Å². The Morgan fingerprint density at radius 2 is 2.21 bits per heavy atom. The number of hydrogen-bond acceptors (Lipinski definition) is 2. The van der Waals surface area contributed by atoms with Gasteiger partial charge in [-0.15, -0.1) is 0 Å². The van der Waals surface area contributed by atoms with E-state index in [0.717, 1.165) is 23.3 Å². The van der Waals surface area contributed by atoms with Crippen LogP contribution in [0.1, 0.15) is 23.6 Å². The summed E-state index contributed by atoms with van der Waals surface area (Å²) in [5.41, 5.74) is 3.69. The van der Waals surface area contributed by atoms with Gasteiger partial charge in [0.15, 0.2) is 5.75 Å². The van der Waals surface area contributed by atoms with Gasteiger partial charge in [-0.25, -0.2) is 0 Å². The molecule has 0 saturated carbocycles. The van der Waals surface area contributed by atoms with Crippen molar-refractivity contribution in [1.82, 2.24) is 4.98 Å². The second kappa shape index (κ2) is 3.50. The van der Waals surface area contributed by atoms with Gasteiger partial charge in [0.2, 0.25) is 0 Å². The molecule has 4 rings (SSSR count). The molecular weight excluding hydrogens is 233 g/mol. The van der Waals surface area contributed by atoms with Gasteiger partial charge in [0.05, 0.1) is 5.50 Å². The molecule has 0 fully saturated rings. The standard InChI is InChI=1S/C16H12BNO/c1-16(17)7-5-12-9-11-4-2-3-10-6-8-18-14(13(10)11)15(12)19-16/h2,4-9H,3H2,1H3.